The molecule has 64 valence electrons. The second-order valence-electron chi connectivity index (χ2n) is 4.25. The molecule has 1 N–H and O–H groups in total. The molecule has 0 aliphatic rings. The van der Waals surface area contributed by atoms with Gasteiger partial charge in [-0.1, -0.05) is 20.8 Å². The average Bonchev–Trinajstić information content (AvgIpc) is 1.79. The van der Waals surface area contributed by atoms with Gasteiger partial charge in [-0.05, 0) is 19.3 Å². The third kappa shape index (κ3) is 4.00. The summed E-state index contributed by atoms with van der Waals surface area (Å²) in [5, 5.41) is 12.0. The Morgan fingerprint density at radius 2 is 1.73 bits per heavy atom. The monoisotopic (exact) mass is 154 g/mol. The van der Waals surface area contributed by atoms with Gasteiger partial charge in [0, 0.05) is 6.04 Å². The molecular formula is C9H18N2. The van der Waals surface area contributed by atoms with Gasteiger partial charge in [0.15, 0.2) is 0 Å². The Hall–Kier alpha value is -0.550. The molecule has 11 heavy (non-hydrogen) atoms. The minimum absolute atomic E-state index is 0.0268. The largest absolute Gasteiger partial charge is 0.299 e. The molecule has 0 aromatic carbocycles. The predicted octanol–water partition coefficient (Wildman–Crippen LogP) is 1.92. The summed E-state index contributed by atoms with van der Waals surface area (Å²) in [7, 11) is 0. The lowest BCUT2D eigenvalue weighted by Gasteiger charge is -2.27. The van der Waals surface area contributed by atoms with Gasteiger partial charge < -0.3 is 0 Å². The normalized spacial score (nSPS) is 14.6. The Morgan fingerprint density at radius 3 is 1.82 bits per heavy atom. The van der Waals surface area contributed by atoms with Crippen molar-refractivity contribution in [1.82, 2.24) is 5.32 Å². The predicted molar refractivity (Wildman–Crippen MR) is 47.1 cm³/mol. The molecule has 0 radical (unpaired) electrons. The summed E-state index contributed by atoms with van der Waals surface area (Å²) < 4.78 is 0. The highest BCUT2D eigenvalue weighted by atomic mass is 14.9. The van der Waals surface area contributed by atoms with E-state index in [4.69, 9.17) is 5.26 Å². The van der Waals surface area contributed by atoms with Crippen LogP contribution >= 0.6 is 0 Å². The average molecular weight is 154 g/mol. The quantitative estimate of drug-likeness (QED) is 0.659. The Morgan fingerprint density at radius 1 is 1.27 bits per heavy atom. The van der Waals surface area contributed by atoms with Crippen LogP contribution in [-0.4, -0.2) is 12.1 Å². The van der Waals surface area contributed by atoms with Gasteiger partial charge in [-0.15, -0.1) is 0 Å². The number of rotatable bonds is 2. The summed E-state index contributed by atoms with van der Waals surface area (Å²) in [5.41, 5.74) is 0.0268. The maximum atomic E-state index is 8.80. The fourth-order valence-corrected chi connectivity index (χ4v) is 0.814. The molecule has 0 spiro atoms. The first-order valence-corrected chi connectivity index (χ1v) is 4.03. The van der Waals surface area contributed by atoms with Crippen molar-refractivity contribution < 1.29 is 0 Å². The van der Waals surface area contributed by atoms with Crippen LogP contribution in [0.5, 0.6) is 0 Å². The van der Waals surface area contributed by atoms with Crippen molar-refractivity contribution in [1.29, 1.82) is 5.26 Å². The number of nitriles is 1. The van der Waals surface area contributed by atoms with Crippen LogP contribution in [0.2, 0.25) is 0 Å². The van der Waals surface area contributed by atoms with Crippen LogP contribution in [0.4, 0.5) is 0 Å². The molecular weight excluding hydrogens is 136 g/mol. The number of hydrogen-bond acceptors (Lipinski definition) is 2. The molecule has 2 nitrogen and oxygen atoms in total. The Kier molecular flexibility index (Phi) is 3.54. The van der Waals surface area contributed by atoms with E-state index < -0.39 is 0 Å². The molecule has 0 bridgehead atoms. The van der Waals surface area contributed by atoms with Gasteiger partial charge in [0.2, 0.25) is 0 Å². The fraction of sp³-hybridized carbons (Fsp3) is 0.889. The summed E-state index contributed by atoms with van der Waals surface area (Å²) >= 11 is 0. The molecule has 0 aromatic rings. The van der Waals surface area contributed by atoms with Gasteiger partial charge in [0.1, 0.15) is 6.04 Å². The summed E-state index contributed by atoms with van der Waals surface area (Å²) in [5.74, 6) is 0. The SMILES string of the molecule is CC(C)NC(C#N)C(C)(C)C. The zero-order chi connectivity index (χ0) is 9.07. The summed E-state index contributed by atoms with van der Waals surface area (Å²) in [6.07, 6.45) is 0. The summed E-state index contributed by atoms with van der Waals surface area (Å²) in [6, 6.07) is 2.58. The molecule has 2 heteroatoms. The zero-order valence-electron chi connectivity index (χ0n) is 8.10. The van der Waals surface area contributed by atoms with Crippen molar-refractivity contribution in [3.8, 4) is 6.07 Å². The highest BCUT2D eigenvalue weighted by Crippen LogP contribution is 2.18. The van der Waals surface area contributed by atoms with Gasteiger partial charge in [-0.3, -0.25) is 5.32 Å². The lowest BCUT2D eigenvalue weighted by Crippen LogP contribution is -2.42. The van der Waals surface area contributed by atoms with Crippen LogP contribution in [0, 0.1) is 16.7 Å². The Bertz CT molecular complexity index is 148. The molecule has 0 aliphatic carbocycles. The van der Waals surface area contributed by atoms with Crippen molar-refractivity contribution in [2.75, 3.05) is 0 Å². The molecule has 0 amide bonds. The molecule has 0 fully saturated rings. The first-order chi connectivity index (χ1) is 4.88. The zero-order valence-corrected chi connectivity index (χ0v) is 8.10. The summed E-state index contributed by atoms with van der Waals surface area (Å²) in [6.45, 7) is 10.3. The van der Waals surface area contributed by atoms with E-state index in [0.717, 1.165) is 0 Å². The van der Waals surface area contributed by atoms with Crippen molar-refractivity contribution >= 4 is 0 Å². The van der Waals surface area contributed by atoms with Crippen molar-refractivity contribution in [3.63, 3.8) is 0 Å². The molecule has 1 atom stereocenters. The van der Waals surface area contributed by atoms with Gasteiger partial charge >= 0.3 is 0 Å². The van der Waals surface area contributed by atoms with E-state index in [1.54, 1.807) is 0 Å². The van der Waals surface area contributed by atoms with Gasteiger partial charge in [0.25, 0.3) is 0 Å². The molecule has 0 aromatic heterocycles. The van der Waals surface area contributed by atoms with Crippen LogP contribution in [0.1, 0.15) is 34.6 Å². The maximum absolute atomic E-state index is 8.80. The second-order valence-corrected chi connectivity index (χ2v) is 4.25. The number of nitrogens with zero attached hydrogens (tertiary/aromatic N) is 1. The van der Waals surface area contributed by atoms with Gasteiger partial charge in [-0.2, -0.15) is 5.26 Å². The smallest absolute Gasteiger partial charge is 0.100 e. The van der Waals surface area contributed by atoms with Crippen LogP contribution in [0.15, 0.2) is 0 Å². The van der Waals surface area contributed by atoms with Crippen LogP contribution in [0.3, 0.4) is 0 Å². The van der Waals surface area contributed by atoms with Crippen LogP contribution in [0.25, 0.3) is 0 Å². The topological polar surface area (TPSA) is 35.8 Å². The first kappa shape index (κ1) is 10.4. The molecule has 0 rings (SSSR count). The van der Waals surface area contributed by atoms with E-state index in [9.17, 15) is 0 Å². The Labute approximate surface area is 69.6 Å². The van der Waals surface area contributed by atoms with Crippen LogP contribution in [-0.2, 0) is 0 Å². The molecule has 1 unspecified atom stereocenters. The first-order valence-electron chi connectivity index (χ1n) is 4.03. The van der Waals surface area contributed by atoms with Crippen molar-refractivity contribution in [2.45, 2.75) is 46.7 Å². The highest BCUT2D eigenvalue weighted by Gasteiger charge is 2.24. The third-order valence-electron chi connectivity index (χ3n) is 1.50. The third-order valence-corrected chi connectivity index (χ3v) is 1.50. The second kappa shape index (κ2) is 3.73. The lowest BCUT2D eigenvalue weighted by molar-refractivity contribution is 0.304. The Balaban J connectivity index is 4.11. The molecule has 0 saturated heterocycles. The molecule has 0 heterocycles. The fourth-order valence-electron chi connectivity index (χ4n) is 0.814. The van der Waals surface area contributed by atoms with Gasteiger partial charge in [-0.25, -0.2) is 0 Å². The van der Waals surface area contributed by atoms with E-state index in [1.807, 2.05) is 0 Å². The van der Waals surface area contributed by atoms with E-state index in [2.05, 4.69) is 46.0 Å². The maximum Gasteiger partial charge on any atom is 0.100 e. The lowest BCUT2D eigenvalue weighted by atomic mass is 9.87. The minimum atomic E-state index is -0.0532. The van der Waals surface area contributed by atoms with E-state index in [1.165, 1.54) is 0 Å². The van der Waals surface area contributed by atoms with Crippen LogP contribution < -0.4 is 5.32 Å². The van der Waals surface area contributed by atoms with Gasteiger partial charge in [0.05, 0.1) is 6.07 Å². The van der Waals surface area contributed by atoms with E-state index in [0.29, 0.717) is 6.04 Å². The molecule has 0 aliphatic heterocycles. The minimum Gasteiger partial charge on any atom is -0.299 e. The van der Waals surface area contributed by atoms with Crippen molar-refractivity contribution in [3.05, 3.63) is 0 Å². The number of hydrogen-bond donors (Lipinski definition) is 1. The molecule has 0 saturated carbocycles. The summed E-state index contributed by atoms with van der Waals surface area (Å²) in [4.78, 5) is 0. The van der Waals surface area contributed by atoms with E-state index in [-0.39, 0.29) is 11.5 Å². The number of nitrogens with one attached hydrogen (secondary N) is 1. The van der Waals surface area contributed by atoms with Crippen molar-refractivity contribution in [2.24, 2.45) is 5.41 Å². The van der Waals surface area contributed by atoms with E-state index >= 15 is 0 Å². The highest BCUT2D eigenvalue weighted by molar-refractivity contribution is 4.98. The standard InChI is InChI=1S/C9H18N2/c1-7(2)11-8(6-10)9(3,4)5/h7-8,11H,1-5H3.